The zero-order chi connectivity index (χ0) is 18.6. The van der Waals surface area contributed by atoms with Crippen LogP contribution in [0.2, 0.25) is 0 Å². The van der Waals surface area contributed by atoms with Crippen molar-refractivity contribution in [3.05, 3.63) is 78.9 Å². The van der Waals surface area contributed by atoms with Crippen molar-refractivity contribution in [2.24, 2.45) is 0 Å². The Hall–Kier alpha value is -2.79. The van der Waals surface area contributed by atoms with Crippen LogP contribution in [0.5, 0.6) is 17.2 Å². The molecule has 0 amide bonds. The van der Waals surface area contributed by atoms with Crippen molar-refractivity contribution in [3.8, 4) is 17.2 Å². The van der Waals surface area contributed by atoms with Gasteiger partial charge in [0.1, 0.15) is 17.2 Å². The Morgan fingerprint density at radius 3 is 1.65 bits per heavy atom. The normalized spacial score (nSPS) is 11.3. The van der Waals surface area contributed by atoms with Gasteiger partial charge in [0, 0.05) is 0 Å². The van der Waals surface area contributed by atoms with Gasteiger partial charge < -0.3 is 9.47 Å². The molecule has 3 aromatic rings. The Bertz CT molecular complexity index is 945. The predicted octanol–water partition coefficient (Wildman–Crippen LogP) is 5.10. The third kappa shape index (κ3) is 4.24. The SMILES string of the molecule is CC(C)Oc1ccc(Oc2ccc(S(=O)(=O)c3ccccc3)cc2)cc1. The first-order valence-electron chi connectivity index (χ1n) is 8.30. The van der Waals surface area contributed by atoms with E-state index in [1.165, 1.54) is 0 Å². The molecule has 0 unspecified atom stereocenters. The number of sulfone groups is 1. The lowest BCUT2D eigenvalue weighted by molar-refractivity contribution is 0.242. The summed E-state index contributed by atoms with van der Waals surface area (Å²) in [4.78, 5) is 0.506. The molecular formula is C21H20O4S. The van der Waals surface area contributed by atoms with Crippen LogP contribution in [0.4, 0.5) is 0 Å². The molecule has 0 saturated carbocycles. The van der Waals surface area contributed by atoms with Gasteiger partial charge in [0.25, 0.3) is 0 Å². The summed E-state index contributed by atoms with van der Waals surface area (Å²) >= 11 is 0. The zero-order valence-corrected chi connectivity index (χ0v) is 15.4. The number of hydrogen-bond donors (Lipinski definition) is 0. The van der Waals surface area contributed by atoms with Crippen LogP contribution in [0, 0.1) is 0 Å². The second-order valence-electron chi connectivity index (χ2n) is 6.03. The van der Waals surface area contributed by atoms with Crippen molar-refractivity contribution >= 4 is 9.84 Å². The van der Waals surface area contributed by atoms with Crippen LogP contribution in [0.3, 0.4) is 0 Å². The highest BCUT2D eigenvalue weighted by Crippen LogP contribution is 2.27. The molecule has 3 aromatic carbocycles. The molecule has 0 heterocycles. The summed E-state index contributed by atoms with van der Waals surface area (Å²) in [6, 6.07) is 22.1. The topological polar surface area (TPSA) is 52.6 Å². The lowest BCUT2D eigenvalue weighted by Crippen LogP contribution is -2.05. The van der Waals surface area contributed by atoms with E-state index in [-0.39, 0.29) is 15.9 Å². The van der Waals surface area contributed by atoms with E-state index in [9.17, 15) is 8.42 Å². The molecule has 0 fully saturated rings. The molecule has 26 heavy (non-hydrogen) atoms. The molecule has 0 N–H and O–H groups in total. The Balaban J connectivity index is 1.74. The van der Waals surface area contributed by atoms with Gasteiger partial charge in [-0.15, -0.1) is 0 Å². The summed E-state index contributed by atoms with van der Waals surface area (Å²) in [6.45, 7) is 3.94. The van der Waals surface area contributed by atoms with Crippen molar-refractivity contribution in [2.45, 2.75) is 29.7 Å². The fourth-order valence-corrected chi connectivity index (χ4v) is 3.70. The molecule has 0 saturated heterocycles. The van der Waals surface area contributed by atoms with E-state index in [2.05, 4.69) is 0 Å². The van der Waals surface area contributed by atoms with Gasteiger partial charge in [0.05, 0.1) is 15.9 Å². The molecule has 0 aliphatic carbocycles. The highest BCUT2D eigenvalue weighted by atomic mass is 32.2. The summed E-state index contributed by atoms with van der Waals surface area (Å²) in [6.07, 6.45) is 0.112. The molecule has 0 aliphatic rings. The van der Waals surface area contributed by atoms with Gasteiger partial charge in [-0.05, 0) is 74.5 Å². The van der Waals surface area contributed by atoms with Crippen molar-refractivity contribution in [1.82, 2.24) is 0 Å². The van der Waals surface area contributed by atoms with Gasteiger partial charge in [-0.3, -0.25) is 0 Å². The highest BCUT2D eigenvalue weighted by Gasteiger charge is 2.17. The number of ether oxygens (including phenoxy) is 2. The van der Waals surface area contributed by atoms with Crippen LogP contribution in [0.15, 0.2) is 88.7 Å². The number of benzene rings is 3. The third-order valence-electron chi connectivity index (χ3n) is 3.62. The lowest BCUT2D eigenvalue weighted by Gasteiger charge is -2.11. The minimum atomic E-state index is -3.52. The minimum absolute atomic E-state index is 0.112. The smallest absolute Gasteiger partial charge is 0.206 e. The fraction of sp³-hybridized carbons (Fsp3) is 0.143. The largest absolute Gasteiger partial charge is 0.491 e. The van der Waals surface area contributed by atoms with E-state index in [0.717, 1.165) is 5.75 Å². The summed E-state index contributed by atoms with van der Waals surface area (Å²) in [5.74, 6) is 1.99. The fourth-order valence-electron chi connectivity index (χ4n) is 2.42. The van der Waals surface area contributed by atoms with E-state index in [4.69, 9.17) is 9.47 Å². The highest BCUT2D eigenvalue weighted by molar-refractivity contribution is 7.91. The van der Waals surface area contributed by atoms with E-state index >= 15 is 0 Å². The molecule has 0 spiro atoms. The number of rotatable bonds is 6. The minimum Gasteiger partial charge on any atom is -0.491 e. The van der Waals surface area contributed by atoms with Crippen molar-refractivity contribution in [1.29, 1.82) is 0 Å². The third-order valence-corrected chi connectivity index (χ3v) is 5.40. The maximum Gasteiger partial charge on any atom is 0.206 e. The van der Waals surface area contributed by atoms with Gasteiger partial charge in [-0.2, -0.15) is 0 Å². The van der Waals surface area contributed by atoms with Gasteiger partial charge in [-0.25, -0.2) is 8.42 Å². The predicted molar refractivity (Wildman–Crippen MR) is 101 cm³/mol. The monoisotopic (exact) mass is 368 g/mol. The first-order valence-corrected chi connectivity index (χ1v) is 9.78. The molecule has 0 radical (unpaired) electrons. The second-order valence-corrected chi connectivity index (χ2v) is 7.98. The summed E-state index contributed by atoms with van der Waals surface area (Å²) in [7, 11) is -3.52. The van der Waals surface area contributed by atoms with Crippen molar-refractivity contribution in [2.75, 3.05) is 0 Å². The Morgan fingerprint density at radius 2 is 1.12 bits per heavy atom. The van der Waals surface area contributed by atoms with Crippen LogP contribution in [-0.2, 0) is 9.84 Å². The summed E-state index contributed by atoms with van der Waals surface area (Å²) in [5, 5.41) is 0. The van der Waals surface area contributed by atoms with Crippen LogP contribution >= 0.6 is 0 Å². The van der Waals surface area contributed by atoms with Crippen LogP contribution < -0.4 is 9.47 Å². The van der Waals surface area contributed by atoms with Gasteiger partial charge in [-0.1, -0.05) is 18.2 Å². The quantitative estimate of drug-likeness (QED) is 0.607. The van der Waals surface area contributed by atoms with Crippen molar-refractivity contribution < 1.29 is 17.9 Å². The second kappa shape index (κ2) is 7.62. The van der Waals surface area contributed by atoms with E-state index in [1.807, 2.05) is 38.1 Å². The maximum absolute atomic E-state index is 12.6. The molecule has 0 atom stereocenters. The summed E-state index contributed by atoms with van der Waals surface area (Å²) in [5.41, 5.74) is 0. The van der Waals surface area contributed by atoms with E-state index < -0.39 is 9.84 Å². The van der Waals surface area contributed by atoms with Gasteiger partial charge in [0.2, 0.25) is 9.84 Å². The van der Waals surface area contributed by atoms with Crippen LogP contribution in [0.1, 0.15) is 13.8 Å². The molecule has 4 nitrogen and oxygen atoms in total. The first kappa shape index (κ1) is 18.0. The molecule has 5 heteroatoms. The van der Waals surface area contributed by atoms with Crippen LogP contribution in [-0.4, -0.2) is 14.5 Å². The average molecular weight is 368 g/mol. The first-order chi connectivity index (χ1) is 12.4. The standard InChI is InChI=1S/C21H20O4S/c1-16(2)24-17-8-10-18(11-9-17)25-19-12-14-21(15-13-19)26(22,23)20-6-4-3-5-7-20/h3-16H,1-2H3. The van der Waals surface area contributed by atoms with Crippen LogP contribution in [0.25, 0.3) is 0 Å². The molecule has 0 aliphatic heterocycles. The van der Waals surface area contributed by atoms with Crippen molar-refractivity contribution in [3.63, 3.8) is 0 Å². The molecular weight excluding hydrogens is 348 g/mol. The summed E-state index contributed by atoms with van der Waals surface area (Å²) < 4.78 is 36.5. The zero-order valence-electron chi connectivity index (χ0n) is 14.6. The van der Waals surface area contributed by atoms with Gasteiger partial charge >= 0.3 is 0 Å². The molecule has 0 bridgehead atoms. The average Bonchev–Trinajstić information content (AvgIpc) is 2.64. The van der Waals surface area contributed by atoms with Gasteiger partial charge in [0.15, 0.2) is 0 Å². The van der Waals surface area contributed by atoms with E-state index in [1.54, 1.807) is 54.6 Å². The Labute approximate surface area is 153 Å². The molecule has 134 valence electrons. The lowest BCUT2D eigenvalue weighted by atomic mass is 10.3. The Kier molecular flexibility index (Phi) is 5.28. The maximum atomic E-state index is 12.6. The molecule has 0 aromatic heterocycles. The molecule has 3 rings (SSSR count). The number of hydrogen-bond acceptors (Lipinski definition) is 4. The Morgan fingerprint density at radius 1 is 0.654 bits per heavy atom. The van der Waals surface area contributed by atoms with E-state index in [0.29, 0.717) is 11.5 Å².